The Kier molecular flexibility index (Phi) is 3.80. The molecule has 144 valence electrons. The summed E-state index contributed by atoms with van der Waals surface area (Å²) in [5.74, 6) is 0.317. The van der Waals surface area contributed by atoms with E-state index >= 15 is 0 Å². The van der Waals surface area contributed by atoms with Gasteiger partial charge >= 0.3 is 0 Å². The number of methoxy groups -OCH3 is 1. The molecule has 3 aromatic heterocycles. The van der Waals surface area contributed by atoms with Gasteiger partial charge in [-0.3, -0.25) is 9.20 Å². The maximum Gasteiger partial charge on any atom is 0.279 e. The van der Waals surface area contributed by atoms with Gasteiger partial charge < -0.3 is 18.9 Å². The number of nitrogens with zero attached hydrogens (tertiary/aromatic N) is 5. The Morgan fingerprint density at radius 3 is 2.93 bits per heavy atom. The fourth-order valence-electron chi connectivity index (χ4n) is 3.30. The predicted molar refractivity (Wildman–Crippen MR) is 100 cm³/mol. The van der Waals surface area contributed by atoms with E-state index in [2.05, 4.69) is 15.1 Å². The van der Waals surface area contributed by atoms with Crippen LogP contribution in [-0.4, -0.2) is 42.9 Å². The summed E-state index contributed by atoms with van der Waals surface area (Å²) in [7, 11) is 1.57. The smallest absolute Gasteiger partial charge is 0.279 e. The highest BCUT2D eigenvalue weighted by Crippen LogP contribution is 2.44. The molecule has 28 heavy (non-hydrogen) atoms. The molecular weight excluding hydrogens is 386 g/mol. The summed E-state index contributed by atoms with van der Waals surface area (Å²) in [6.45, 7) is 0.709. The van der Waals surface area contributed by atoms with E-state index in [1.807, 2.05) is 6.07 Å². The Labute approximate surface area is 163 Å². The number of ether oxygens (including phenoxy) is 1. The number of benzene rings is 1. The van der Waals surface area contributed by atoms with E-state index in [0.717, 1.165) is 5.52 Å². The number of aliphatic hydroxyl groups is 1. The molecule has 4 aromatic rings. The van der Waals surface area contributed by atoms with Crippen LogP contribution in [0.3, 0.4) is 0 Å². The van der Waals surface area contributed by atoms with Crippen LogP contribution in [0.5, 0.6) is 0 Å². The molecular formula is C18H16ClN5O4. The van der Waals surface area contributed by atoms with Gasteiger partial charge in [0.15, 0.2) is 5.69 Å². The summed E-state index contributed by atoms with van der Waals surface area (Å²) < 4.78 is 13.7. The van der Waals surface area contributed by atoms with Crippen molar-refractivity contribution >= 4 is 28.2 Å². The predicted octanol–water partition coefficient (Wildman–Crippen LogP) is 1.98. The normalized spacial score (nSPS) is 15.5. The Morgan fingerprint density at radius 1 is 1.36 bits per heavy atom. The molecule has 0 spiro atoms. The first-order chi connectivity index (χ1) is 13.5. The fourth-order valence-corrected chi connectivity index (χ4v) is 3.47. The van der Waals surface area contributed by atoms with Gasteiger partial charge in [-0.15, -0.1) is 0 Å². The summed E-state index contributed by atoms with van der Waals surface area (Å²) >= 11 is 6.15. The van der Waals surface area contributed by atoms with Crippen molar-refractivity contribution in [1.82, 2.24) is 24.1 Å². The zero-order valence-electron chi connectivity index (χ0n) is 14.9. The minimum Gasteiger partial charge on any atom is -0.383 e. The van der Waals surface area contributed by atoms with Crippen molar-refractivity contribution in [2.75, 3.05) is 13.7 Å². The Bertz CT molecular complexity index is 1270. The Balaban J connectivity index is 1.77. The van der Waals surface area contributed by atoms with Crippen LogP contribution in [0, 0.1) is 0 Å². The molecule has 0 saturated heterocycles. The highest BCUT2D eigenvalue weighted by Gasteiger charge is 2.47. The highest BCUT2D eigenvalue weighted by molar-refractivity contribution is 6.31. The van der Waals surface area contributed by atoms with Crippen molar-refractivity contribution in [3.63, 3.8) is 0 Å². The van der Waals surface area contributed by atoms with Crippen LogP contribution < -0.4 is 5.56 Å². The number of aromatic nitrogens is 5. The molecule has 9 nitrogen and oxygen atoms in total. The lowest BCUT2D eigenvalue weighted by molar-refractivity contribution is 0.137. The SMILES string of the molecule is COCCn1c(=O)c2c(-c3nc(C4(O)CC4)no3)ncn2c2ccc(Cl)cc21. The van der Waals surface area contributed by atoms with E-state index in [4.69, 9.17) is 20.9 Å². The summed E-state index contributed by atoms with van der Waals surface area (Å²) in [5, 5.41) is 14.6. The quantitative estimate of drug-likeness (QED) is 0.544. The molecule has 0 atom stereocenters. The first-order valence-electron chi connectivity index (χ1n) is 8.77. The van der Waals surface area contributed by atoms with Gasteiger partial charge in [-0.1, -0.05) is 16.8 Å². The third-order valence-corrected chi connectivity index (χ3v) is 5.23. The van der Waals surface area contributed by atoms with Crippen molar-refractivity contribution in [1.29, 1.82) is 0 Å². The highest BCUT2D eigenvalue weighted by atomic mass is 35.5. The first kappa shape index (κ1) is 17.4. The summed E-state index contributed by atoms with van der Waals surface area (Å²) in [5.41, 5.74) is 0.711. The second-order valence-corrected chi connectivity index (χ2v) is 7.29. The zero-order valence-corrected chi connectivity index (χ0v) is 15.7. The van der Waals surface area contributed by atoms with Crippen molar-refractivity contribution in [3.8, 4) is 11.6 Å². The summed E-state index contributed by atoms with van der Waals surface area (Å²) in [4.78, 5) is 21.9. The van der Waals surface area contributed by atoms with Crippen molar-refractivity contribution < 1.29 is 14.4 Å². The van der Waals surface area contributed by atoms with E-state index < -0.39 is 5.60 Å². The maximum absolute atomic E-state index is 13.3. The molecule has 3 heterocycles. The molecule has 1 N–H and O–H groups in total. The van der Waals surface area contributed by atoms with Gasteiger partial charge in [0, 0.05) is 18.7 Å². The van der Waals surface area contributed by atoms with Gasteiger partial charge in [0.2, 0.25) is 5.82 Å². The standard InChI is InChI=1S/C18H16ClN5O4/c1-27-7-6-23-12-8-10(19)2-3-11(12)24-9-20-13(14(24)16(23)25)15-21-17(22-28-15)18(26)4-5-18/h2-3,8-9,26H,4-7H2,1H3. The minimum atomic E-state index is -1.03. The van der Waals surface area contributed by atoms with Gasteiger partial charge in [-0.2, -0.15) is 4.98 Å². The Hall–Kier alpha value is -2.75. The van der Waals surface area contributed by atoms with Crippen LogP contribution in [0.25, 0.3) is 28.1 Å². The lowest BCUT2D eigenvalue weighted by Crippen LogP contribution is -2.25. The third-order valence-electron chi connectivity index (χ3n) is 4.99. The number of fused-ring (bicyclic) bond motifs is 3. The van der Waals surface area contributed by atoms with Gasteiger partial charge in [-0.05, 0) is 31.0 Å². The van der Waals surface area contributed by atoms with Crippen LogP contribution in [0.4, 0.5) is 0 Å². The molecule has 1 fully saturated rings. The molecule has 0 amide bonds. The number of hydrogen-bond acceptors (Lipinski definition) is 7. The van der Waals surface area contributed by atoms with Crippen LogP contribution in [0.1, 0.15) is 18.7 Å². The van der Waals surface area contributed by atoms with E-state index in [1.165, 1.54) is 0 Å². The van der Waals surface area contributed by atoms with Gasteiger partial charge in [-0.25, -0.2) is 4.98 Å². The summed E-state index contributed by atoms with van der Waals surface area (Å²) in [6.07, 6.45) is 2.72. The van der Waals surface area contributed by atoms with Crippen LogP contribution in [0.15, 0.2) is 33.8 Å². The molecule has 5 rings (SSSR count). The molecule has 0 unspecified atom stereocenters. The number of halogens is 1. The van der Waals surface area contributed by atoms with E-state index in [0.29, 0.717) is 42.0 Å². The lowest BCUT2D eigenvalue weighted by Gasteiger charge is -2.12. The molecule has 10 heteroatoms. The van der Waals surface area contributed by atoms with Crippen LogP contribution in [0.2, 0.25) is 5.02 Å². The van der Waals surface area contributed by atoms with Crippen molar-refractivity contribution in [2.45, 2.75) is 25.0 Å². The van der Waals surface area contributed by atoms with Gasteiger partial charge in [0.05, 0.1) is 17.6 Å². The maximum atomic E-state index is 13.3. The second-order valence-electron chi connectivity index (χ2n) is 6.85. The van der Waals surface area contributed by atoms with E-state index in [9.17, 15) is 9.90 Å². The number of hydrogen-bond donors (Lipinski definition) is 1. The van der Waals surface area contributed by atoms with Crippen LogP contribution >= 0.6 is 11.6 Å². The first-order valence-corrected chi connectivity index (χ1v) is 9.14. The van der Waals surface area contributed by atoms with Gasteiger partial charge in [0.1, 0.15) is 17.4 Å². The minimum absolute atomic E-state index is 0.0986. The molecule has 0 radical (unpaired) electrons. The molecule has 1 aliphatic rings. The van der Waals surface area contributed by atoms with E-state index in [-0.39, 0.29) is 23.0 Å². The average molecular weight is 402 g/mol. The number of rotatable bonds is 5. The third kappa shape index (κ3) is 2.55. The van der Waals surface area contributed by atoms with Crippen LogP contribution in [-0.2, 0) is 16.9 Å². The monoisotopic (exact) mass is 401 g/mol. The number of imidazole rings is 1. The second kappa shape index (κ2) is 6.13. The molecule has 0 bridgehead atoms. The fraction of sp³-hybridized carbons (Fsp3) is 0.333. The van der Waals surface area contributed by atoms with E-state index in [1.54, 1.807) is 34.5 Å². The average Bonchev–Trinajstić information content (AvgIpc) is 3.11. The van der Waals surface area contributed by atoms with Crippen molar-refractivity contribution in [2.24, 2.45) is 0 Å². The summed E-state index contributed by atoms with van der Waals surface area (Å²) in [6, 6.07) is 5.31. The molecule has 1 saturated carbocycles. The molecule has 1 aromatic carbocycles. The lowest BCUT2D eigenvalue weighted by atomic mass is 10.2. The largest absolute Gasteiger partial charge is 0.383 e. The Morgan fingerprint density at radius 2 is 2.18 bits per heavy atom. The molecule has 1 aliphatic carbocycles. The van der Waals surface area contributed by atoms with Crippen molar-refractivity contribution in [3.05, 3.63) is 45.7 Å². The van der Waals surface area contributed by atoms with Gasteiger partial charge in [0.25, 0.3) is 11.4 Å². The molecule has 0 aliphatic heterocycles. The zero-order chi connectivity index (χ0) is 19.5. The topological polar surface area (TPSA) is 108 Å².